The average molecular weight is 272 g/mol. The fourth-order valence-corrected chi connectivity index (χ4v) is 2.74. The smallest absolute Gasteiger partial charge is 0.247 e. The second-order valence-corrected chi connectivity index (χ2v) is 5.40. The number of nitrogens with one attached hydrogen (secondary N) is 2. The van der Waals surface area contributed by atoms with Gasteiger partial charge in [0.05, 0.1) is 0 Å². The van der Waals surface area contributed by atoms with Crippen molar-refractivity contribution in [1.82, 2.24) is 15.5 Å². The first kappa shape index (κ1) is 13.1. The molecule has 2 aromatic rings. The summed E-state index contributed by atoms with van der Waals surface area (Å²) in [4.78, 5) is 0. The fraction of sp³-hybridized carbons (Fsp3) is 0.467. The molecule has 2 N–H and O–H groups in total. The number of benzene rings is 1. The molecule has 2 heterocycles. The van der Waals surface area contributed by atoms with Crippen molar-refractivity contribution in [3.8, 4) is 11.5 Å². The molecule has 0 bridgehead atoms. The lowest BCUT2D eigenvalue weighted by Crippen LogP contribution is -2.29. The van der Waals surface area contributed by atoms with Gasteiger partial charge in [-0.1, -0.05) is 0 Å². The third-order valence-corrected chi connectivity index (χ3v) is 3.71. The Morgan fingerprint density at radius 2 is 2.25 bits per heavy atom. The van der Waals surface area contributed by atoms with Crippen LogP contribution in [0.4, 0.5) is 5.69 Å². The molecule has 1 aliphatic heterocycles. The normalized spacial score (nSPS) is 19.9. The first-order chi connectivity index (χ1) is 9.81. The Bertz CT molecular complexity index is 517. The van der Waals surface area contributed by atoms with Crippen LogP contribution in [0.15, 0.2) is 35.1 Å². The molecule has 0 spiro atoms. The van der Waals surface area contributed by atoms with Gasteiger partial charge in [0.1, 0.15) is 0 Å². The minimum atomic E-state index is 0.458. The lowest BCUT2D eigenvalue weighted by molar-refractivity contribution is 0.523. The number of nitrogens with zero attached hydrogens (tertiary/aromatic N) is 2. The molecule has 0 aliphatic carbocycles. The monoisotopic (exact) mass is 272 g/mol. The molecule has 3 rings (SSSR count). The minimum absolute atomic E-state index is 0.458. The Labute approximate surface area is 118 Å². The van der Waals surface area contributed by atoms with Crippen molar-refractivity contribution in [1.29, 1.82) is 0 Å². The van der Waals surface area contributed by atoms with E-state index in [1.807, 2.05) is 12.1 Å². The molecule has 0 radical (unpaired) electrons. The maximum Gasteiger partial charge on any atom is 0.247 e. The van der Waals surface area contributed by atoms with Crippen molar-refractivity contribution in [3.05, 3.63) is 30.7 Å². The number of aromatic nitrogens is 2. The van der Waals surface area contributed by atoms with Crippen molar-refractivity contribution >= 4 is 5.69 Å². The minimum Gasteiger partial charge on any atom is -0.423 e. The van der Waals surface area contributed by atoms with Crippen molar-refractivity contribution < 1.29 is 4.42 Å². The molecule has 0 saturated carbocycles. The van der Waals surface area contributed by atoms with E-state index in [1.54, 1.807) is 0 Å². The van der Waals surface area contributed by atoms with Crippen LogP contribution in [0.1, 0.15) is 26.2 Å². The highest BCUT2D eigenvalue weighted by Crippen LogP contribution is 2.20. The highest BCUT2D eigenvalue weighted by molar-refractivity contribution is 5.58. The molecular formula is C15H20N4O. The van der Waals surface area contributed by atoms with Crippen LogP contribution in [0.25, 0.3) is 11.5 Å². The fourth-order valence-electron chi connectivity index (χ4n) is 2.74. The average Bonchev–Trinajstić information content (AvgIpc) is 3.12. The van der Waals surface area contributed by atoms with E-state index in [9.17, 15) is 0 Å². The summed E-state index contributed by atoms with van der Waals surface area (Å²) < 4.78 is 5.18. The summed E-state index contributed by atoms with van der Waals surface area (Å²) in [6, 6.07) is 9.22. The molecular weight excluding hydrogens is 252 g/mol. The van der Waals surface area contributed by atoms with Crippen molar-refractivity contribution in [2.75, 3.05) is 11.9 Å². The van der Waals surface area contributed by atoms with Crippen molar-refractivity contribution in [3.63, 3.8) is 0 Å². The molecule has 5 heteroatoms. The van der Waals surface area contributed by atoms with Crippen LogP contribution < -0.4 is 10.6 Å². The van der Waals surface area contributed by atoms with Gasteiger partial charge in [-0.2, -0.15) is 0 Å². The van der Waals surface area contributed by atoms with E-state index < -0.39 is 0 Å². The van der Waals surface area contributed by atoms with Gasteiger partial charge < -0.3 is 15.1 Å². The highest BCUT2D eigenvalue weighted by Gasteiger charge is 2.16. The predicted molar refractivity (Wildman–Crippen MR) is 78.5 cm³/mol. The summed E-state index contributed by atoms with van der Waals surface area (Å²) in [6.45, 7) is 3.39. The van der Waals surface area contributed by atoms with E-state index in [0.717, 1.165) is 24.2 Å². The van der Waals surface area contributed by atoms with Gasteiger partial charge in [-0.15, -0.1) is 10.2 Å². The number of rotatable bonds is 5. The lowest BCUT2D eigenvalue weighted by atomic mass is 10.1. The van der Waals surface area contributed by atoms with E-state index in [4.69, 9.17) is 4.42 Å². The van der Waals surface area contributed by atoms with Crippen LogP contribution in [0.3, 0.4) is 0 Å². The molecule has 1 aromatic heterocycles. The maximum atomic E-state index is 5.18. The van der Waals surface area contributed by atoms with E-state index in [1.165, 1.54) is 19.2 Å². The van der Waals surface area contributed by atoms with Gasteiger partial charge in [-0.3, -0.25) is 0 Å². The molecule has 1 saturated heterocycles. The Kier molecular flexibility index (Phi) is 3.97. The summed E-state index contributed by atoms with van der Waals surface area (Å²) in [5.74, 6) is 0.555. The molecule has 106 valence electrons. The SMILES string of the molecule is CC(CC1CCCN1)Nc1ccc(-c2nnco2)cc1. The summed E-state index contributed by atoms with van der Waals surface area (Å²) in [7, 11) is 0. The quantitative estimate of drug-likeness (QED) is 0.876. The van der Waals surface area contributed by atoms with E-state index in [2.05, 4.69) is 39.9 Å². The number of hydrogen-bond acceptors (Lipinski definition) is 5. The third kappa shape index (κ3) is 3.17. The Hall–Kier alpha value is -1.88. The van der Waals surface area contributed by atoms with Crippen LogP contribution in [0.5, 0.6) is 0 Å². The molecule has 2 atom stereocenters. The number of hydrogen-bond donors (Lipinski definition) is 2. The first-order valence-corrected chi connectivity index (χ1v) is 7.18. The van der Waals surface area contributed by atoms with Gasteiger partial charge in [0, 0.05) is 23.3 Å². The molecule has 1 aromatic carbocycles. The van der Waals surface area contributed by atoms with Crippen LogP contribution in [-0.2, 0) is 0 Å². The Morgan fingerprint density at radius 1 is 1.40 bits per heavy atom. The van der Waals surface area contributed by atoms with Gasteiger partial charge in [0.15, 0.2) is 0 Å². The highest BCUT2D eigenvalue weighted by atomic mass is 16.4. The van der Waals surface area contributed by atoms with Gasteiger partial charge in [-0.25, -0.2) is 0 Å². The van der Waals surface area contributed by atoms with Crippen molar-refractivity contribution in [2.24, 2.45) is 0 Å². The van der Waals surface area contributed by atoms with E-state index in [-0.39, 0.29) is 0 Å². The summed E-state index contributed by atoms with van der Waals surface area (Å²) in [5.41, 5.74) is 2.07. The summed E-state index contributed by atoms with van der Waals surface area (Å²) in [5, 5.41) is 14.7. The standard InChI is InChI=1S/C15H20N4O/c1-11(9-14-3-2-8-16-14)18-13-6-4-12(5-7-13)15-19-17-10-20-15/h4-7,10-11,14,16,18H,2-3,8-9H2,1H3. The van der Waals surface area contributed by atoms with E-state index >= 15 is 0 Å². The summed E-state index contributed by atoms with van der Waals surface area (Å²) >= 11 is 0. The first-order valence-electron chi connectivity index (χ1n) is 7.18. The number of anilines is 1. The van der Waals surface area contributed by atoms with Gasteiger partial charge >= 0.3 is 0 Å². The second-order valence-electron chi connectivity index (χ2n) is 5.40. The molecule has 0 amide bonds. The lowest BCUT2D eigenvalue weighted by Gasteiger charge is -2.19. The zero-order valence-electron chi connectivity index (χ0n) is 11.7. The predicted octanol–water partition coefficient (Wildman–Crippen LogP) is 2.68. The van der Waals surface area contributed by atoms with Crippen LogP contribution in [0, 0.1) is 0 Å². The van der Waals surface area contributed by atoms with Gasteiger partial charge in [0.2, 0.25) is 12.3 Å². The molecule has 5 nitrogen and oxygen atoms in total. The Morgan fingerprint density at radius 3 is 2.90 bits per heavy atom. The van der Waals surface area contributed by atoms with Gasteiger partial charge in [0.25, 0.3) is 0 Å². The topological polar surface area (TPSA) is 63.0 Å². The third-order valence-electron chi connectivity index (χ3n) is 3.71. The Balaban J connectivity index is 1.57. The van der Waals surface area contributed by atoms with E-state index in [0.29, 0.717) is 18.0 Å². The van der Waals surface area contributed by atoms with Gasteiger partial charge in [-0.05, 0) is 57.0 Å². The molecule has 20 heavy (non-hydrogen) atoms. The zero-order chi connectivity index (χ0) is 13.8. The van der Waals surface area contributed by atoms with Crippen LogP contribution in [0.2, 0.25) is 0 Å². The van der Waals surface area contributed by atoms with Crippen molar-refractivity contribution in [2.45, 2.75) is 38.3 Å². The molecule has 2 unspecified atom stereocenters. The summed E-state index contributed by atoms with van der Waals surface area (Å²) in [6.07, 6.45) is 5.10. The largest absolute Gasteiger partial charge is 0.423 e. The second kappa shape index (κ2) is 6.05. The maximum absolute atomic E-state index is 5.18. The molecule has 1 aliphatic rings. The molecule has 1 fully saturated rings. The zero-order valence-corrected chi connectivity index (χ0v) is 11.7. The van der Waals surface area contributed by atoms with Crippen LogP contribution >= 0.6 is 0 Å². The van der Waals surface area contributed by atoms with Crippen LogP contribution in [-0.4, -0.2) is 28.8 Å².